The van der Waals surface area contributed by atoms with Gasteiger partial charge in [-0.3, -0.25) is 4.90 Å². The molecule has 1 aliphatic heterocycles. The third-order valence-electron chi connectivity index (χ3n) is 3.43. The van der Waals surface area contributed by atoms with Crippen molar-refractivity contribution < 1.29 is 8.42 Å². The van der Waals surface area contributed by atoms with Crippen LogP contribution in [0.15, 0.2) is 36.9 Å². The van der Waals surface area contributed by atoms with E-state index in [0.29, 0.717) is 25.3 Å². The lowest BCUT2D eigenvalue weighted by Crippen LogP contribution is -2.35. The zero-order valence-corrected chi connectivity index (χ0v) is 13.0. The minimum absolute atomic E-state index is 0. The number of anilines is 1. The average Bonchev–Trinajstić information content (AvgIpc) is 2.69. The molecule has 1 atom stereocenters. The van der Waals surface area contributed by atoms with Gasteiger partial charge in [0.25, 0.3) is 0 Å². The molecule has 1 heterocycles. The molecule has 2 rings (SSSR count). The third-order valence-corrected chi connectivity index (χ3v) is 5.18. The molecule has 0 bridgehead atoms. The Morgan fingerprint density at radius 3 is 2.75 bits per heavy atom. The van der Waals surface area contributed by atoms with Gasteiger partial charge in [0.15, 0.2) is 9.84 Å². The monoisotopic (exact) mass is 316 g/mol. The van der Waals surface area contributed by atoms with E-state index in [2.05, 4.69) is 11.5 Å². The van der Waals surface area contributed by atoms with Crippen LogP contribution < -0.4 is 5.73 Å². The Balaban J connectivity index is 0.00000200. The molecule has 4 nitrogen and oxygen atoms in total. The van der Waals surface area contributed by atoms with Gasteiger partial charge in [0.2, 0.25) is 0 Å². The number of sulfone groups is 1. The summed E-state index contributed by atoms with van der Waals surface area (Å²) >= 11 is 0. The van der Waals surface area contributed by atoms with Gasteiger partial charge in [0.05, 0.1) is 11.5 Å². The predicted molar refractivity (Wildman–Crippen MR) is 85.8 cm³/mol. The predicted octanol–water partition coefficient (Wildman–Crippen LogP) is 1.87. The molecule has 0 saturated carbocycles. The fourth-order valence-electron chi connectivity index (χ4n) is 2.50. The second kappa shape index (κ2) is 7.11. The molecule has 0 aromatic heterocycles. The van der Waals surface area contributed by atoms with Crippen LogP contribution >= 0.6 is 12.4 Å². The van der Waals surface area contributed by atoms with Crippen LogP contribution in [-0.4, -0.2) is 37.4 Å². The largest absolute Gasteiger partial charge is 0.399 e. The number of rotatable bonds is 5. The maximum atomic E-state index is 11.6. The Hall–Kier alpha value is -1.04. The quantitative estimate of drug-likeness (QED) is 0.665. The van der Waals surface area contributed by atoms with E-state index in [0.717, 1.165) is 11.3 Å². The highest BCUT2D eigenvalue weighted by Gasteiger charge is 2.31. The number of halogens is 1. The summed E-state index contributed by atoms with van der Waals surface area (Å²) in [6.07, 6.45) is 2.52. The highest BCUT2D eigenvalue weighted by molar-refractivity contribution is 7.91. The minimum Gasteiger partial charge on any atom is -0.399 e. The number of nitrogens with two attached hydrogens (primary N) is 1. The molecule has 0 radical (unpaired) electrons. The second-order valence-electron chi connectivity index (χ2n) is 5.02. The van der Waals surface area contributed by atoms with E-state index in [1.165, 1.54) is 0 Å². The summed E-state index contributed by atoms with van der Waals surface area (Å²) in [5.74, 6) is 0.547. The fourth-order valence-corrected chi connectivity index (χ4v) is 4.26. The van der Waals surface area contributed by atoms with E-state index < -0.39 is 9.84 Å². The molecule has 1 aromatic carbocycles. The zero-order chi connectivity index (χ0) is 13.9. The first-order valence-corrected chi connectivity index (χ1v) is 8.22. The smallest absolute Gasteiger partial charge is 0.151 e. The summed E-state index contributed by atoms with van der Waals surface area (Å²) in [7, 11) is -2.86. The zero-order valence-electron chi connectivity index (χ0n) is 11.4. The van der Waals surface area contributed by atoms with Crippen molar-refractivity contribution in [2.75, 3.05) is 23.8 Å². The summed E-state index contributed by atoms with van der Waals surface area (Å²) in [6.45, 7) is 5.15. The van der Waals surface area contributed by atoms with Gasteiger partial charge in [0.1, 0.15) is 0 Å². The van der Waals surface area contributed by atoms with Crippen molar-refractivity contribution in [1.29, 1.82) is 0 Å². The van der Waals surface area contributed by atoms with E-state index in [1.807, 2.05) is 30.3 Å². The van der Waals surface area contributed by atoms with E-state index in [1.54, 1.807) is 0 Å². The SMILES string of the molecule is C=CCN(Cc1cccc(N)c1)C1CCS(=O)(=O)C1.Cl. The normalized spacial score (nSPS) is 20.6. The van der Waals surface area contributed by atoms with Gasteiger partial charge in [-0.2, -0.15) is 0 Å². The summed E-state index contributed by atoms with van der Waals surface area (Å²) in [6, 6.07) is 7.79. The molecule has 0 aliphatic carbocycles. The van der Waals surface area contributed by atoms with E-state index >= 15 is 0 Å². The molecular weight excluding hydrogens is 296 g/mol. The van der Waals surface area contributed by atoms with E-state index in [-0.39, 0.29) is 24.2 Å². The maximum Gasteiger partial charge on any atom is 0.151 e. The van der Waals surface area contributed by atoms with Gasteiger partial charge < -0.3 is 5.73 Å². The van der Waals surface area contributed by atoms with Crippen LogP contribution in [0.1, 0.15) is 12.0 Å². The Morgan fingerprint density at radius 1 is 1.45 bits per heavy atom. The maximum absolute atomic E-state index is 11.6. The Labute approximate surface area is 127 Å². The van der Waals surface area contributed by atoms with Crippen LogP contribution in [0.4, 0.5) is 5.69 Å². The lowest BCUT2D eigenvalue weighted by atomic mass is 10.1. The van der Waals surface area contributed by atoms with Gasteiger partial charge in [0, 0.05) is 24.8 Å². The van der Waals surface area contributed by atoms with Gasteiger partial charge in [-0.1, -0.05) is 18.2 Å². The summed E-state index contributed by atoms with van der Waals surface area (Å²) in [5, 5.41) is 0. The molecule has 20 heavy (non-hydrogen) atoms. The third kappa shape index (κ3) is 4.51. The second-order valence-corrected chi connectivity index (χ2v) is 7.25. The van der Waals surface area contributed by atoms with Gasteiger partial charge in [-0.05, 0) is 24.1 Å². The molecule has 0 spiro atoms. The topological polar surface area (TPSA) is 63.4 Å². The lowest BCUT2D eigenvalue weighted by Gasteiger charge is -2.26. The van der Waals surface area contributed by atoms with Crippen LogP contribution in [-0.2, 0) is 16.4 Å². The average molecular weight is 317 g/mol. The lowest BCUT2D eigenvalue weighted by molar-refractivity contribution is 0.227. The molecule has 1 unspecified atom stereocenters. The van der Waals surface area contributed by atoms with Crippen molar-refractivity contribution in [2.45, 2.75) is 19.0 Å². The number of hydrogen-bond donors (Lipinski definition) is 1. The molecule has 1 fully saturated rings. The summed E-state index contributed by atoms with van der Waals surface area (Å²) in [5.41, 5.74) is 7.60. The molecule has 0 amide bonds. The Kier molecular flexibility index (Phi) is 6.05. The number of nitrogen functional groups attached to an aromatic ring is 1. The molecule has 2 N–H and O–H groups in total. The molecule has 1 saturated heterocycles. The first kappa shape index (κ1) is 17.0. The number of hydrogen-bond acceptors (Lipinski definition) is 4. The van der Waals surface area contributed by atoms with Gasteiger partial charge in [-0.15, -0.1) is 19.0 Å². The van der Waals surface area contributed by atoms with Crippen molar-refractivity contribution in [3.8, 4) is 0 Å². The fraction of sp³-hybridized carbons (Fsp3) is 0.429. The van der Waals surface area contributed by atoms with Crippen molar-refractivity contribution in [2.24, 2.45) is 0 Å². The first-order chi connectivity index (χ1) is 9.00. The molecule has 1 aliphatic rings. The number of nitrogens with zero attached hydrogens (tertiary/aromatic N) is 1. The van der Waals surface area contributed by atoms with E-state index in [4.69, 9.17) is 5.73 Å². The van der Waals surface area contributed by atoms with Crippen LogP contribution in [0.5, 0.6) is 0 Å². The Morgan fingerprint density at radius 2 is 2.20 bits per heavy atom. The van der Waals surface area contributed by atoms with Crippen molar-refractivity contribution in [3.05, 3.63) is 42.5 Å². The highest BCUT2D eigenvalue weighted by atomic mass is 35.5. The molecular formula is C14H21ClN2O2S. The van der Waals surface area contributed by atoms with Crippen LogP contribution in [0.2, 0.25) is 0 Å². The van der Waals surface area contributed by atoms with Crippen molar-refractivity contribution >= 4 is 27.9 Å². The van der Waals surface area contributed by atoms with Crippen LogP contribution in [0.3, 0.4) is 0 Å². The van der Waals surface area contributed by atoms with Crippen LogP contribution in [0.25, 0.3) is 0 Å². The van der Waals surface area contributed by atoms with Gasteiger partial charge >= 0.3 is 0 Å². The number of benzene rings is 1. The molecule has 6 heteroatoms. The molecule has 1 aromatic rings. The Bertz CT molecular complexity index is 560. The summed E-state index contributed by atoms with van der Waals surface area (Å²) in [4.78, 5) is 2.16. The van der Waals surface area contributed by atoms with Crippen molar-refractivity contribution in [3.63, 3.8) is 0 Å². The summed E-state index contributed by atoms with van der Waals surface area (Å²) < 4.78 is 23.2. The molecule has 112 valence electrons. The first-order valence-electron chi connectivity index (χ1n) is 6.40. The highest BCUT2D eigenvalue weighted by Crippen LogP contribution is 2.20. The van der Waals surface area contributed by atoms with Crippen molar-refractivity contribution in [1.82, 2.24) is 4.90 Å². The van der Waals surface area contributed by atoms with Crippen LogP contribution in [0, 0.1) is 0 Å². The van der Waals surface area contributed by atoms with E-state index in [9.17, 15) is 8.42 Å². The standard InChI is InChI=1S/C14H20N2O2S.ClH/c1-2-7-16(14-6-8-19(17,18)11-14)10-12-4-3-5-13(15)9-12;/h2-5,9,14H,1,6-8,10-11,15H2;1H. The minimum atomic E-state index is -2.86. The van der Waals surface area contributed by atoms with Gasteiger partial charge in [-0.25, -0.2) is 8.42 Å².